The predicted molar refractivity (Wildman–Crippen MR) is 124 cm³/mol. The fourth-order valence-corrected chi connectivity index (χ4v) is 4.80. The fourth-order valence-electron chi connectivity index (χ4n) is 4.44. The Bertz CT molecular complexity index is 1560. The van der Waals surface area contributed by atoms with Crippen LogP contribution in [-0.2, 0) is 0 Å². The topological polar surface area (TPSA) is 108 Å². The maximum absolute atomic E-state index is 13.0. The zero-order valence-corrected chi connectivity index (χ0v) is 18.5. The van der Waals surface area contributed by atoms with Crippen molar-refractivity contribution in [2.24, 2.45) is 0 Å². The summed E-state index contributed by atoms with van der Waals surface area (Å²) in [5.41, 5.74) is 3.49. The summed E-state index contributed by atoms with van der Waals surface area (Å²) < 4.78 is 6.61. The molecule has 2 N–H and O–H groups in total. The maximum Gasteiger partial charge on any atom is 0.294 e. The number of aromatic nitrogens is 4. The molecule has 0 unspecified atom stereocenters. The van der Waals surface area contributed by atoms with Crippen molar-refractivity contribution in [3.63, 3.8) is 0 Å². The number of carbonyl (C=O) groups is 1. The highest BCUT2D eigenvalue weighted by Crippen LogP contribution is 2.31. The van der Waals surface area contributed by atoms with Crippen LogP contribution in [-0.4, -0.2) is 43.8 Å². The van der Waals surface area contributed by atoms with Crippen LogP contribution in [0.3, 0.4) is 0 Å². The molecule has 9 heteroatoms. The molecule has 6 rings (SSSR count). The van der Waals surface area contributed by atoms with Crippen molar-refractivity contribution in [1.82, 2.24) is 24.8 Å². The largest absolute Gasteiger partial charge is 0.449 e. The van der Waals surface area contributed by atoms with Crippen LogP contribution in [0.5, 0.6) is 0 Å². The molecule has 0 atom stereocenters. The zero-order valence-electron chi connectivity index (χ0n) is 16.9. The molecule has 8 nitrogen and oxygen atoms in total. The molecule has 1 amide bonds. The fraction of sp³-hybridized carbons (Fsp3) is 0.217. The van der Waals surface area contributed by atoms with Crippen LogP contribution in [0.15, 0.2) is 56.4 Å². The van der Waals surface area contributed by atoms with Gasteiger partial charge < -0.3 is 19.3 Å². The third kappa shape index (κ3) is 3.12. The summed E-state index contributed by atoms with van der Waals surface area (Å²) in [5, 5.41) is 0.808. The van der Waals surface area contributed by atoms with Gasteiger partial charge in [-0.1, -0.05) is 15.9 Å². The molecule has 1 aliphatic heterocycles. The van der Waals surface area contributed by atoms with Gasteiger partial charge in [0.25, 0.3) is 11.5 Å². The van der Waals surface area contributed by atoms with Crippen molar-refractivity contribution in [1.29, 1.82) is 0 Å². The third-order valence-corrected chi connectivity index (χ3v) is 6.63. The van der Waals surface area contributed by atoms with Crippen molar-refractivity contribution < 1.29 is 9.21 Å². The maximum atomic E-state index is 13.0. The lowest BCUT2D eigenvalue weighted by Gasteiger charge is -2.31. The molecule has 1 aliphatic rings. The molecule has 2 aromatic carbocycles. The Morgan fingerprint density at radius 3 is 2.84 bits per heavy atom. The number of carbonyl (C=O) groups excluding carboxylic acids is 1. The zero-order chi connectivity index (χ0) is 21.8. The number of benzene rings is 2. The van der Waals surface area contributed by atoms with Crippen molar-refractivity contribution in [2.45, 2.75) is 18.8 Å². The first-order chi connectivity index (χ1) is 15.6. The van der Waals surface area contributed by atoms with Crippen LogP contribution in [0, 0.1) is 0 Å². The molecule has 0 spiro atoms. The number of furan rings is 1. The molecule has 32 heavy (non-hydrogen) atoms. The molecule has 160 valence electrons. The average molecular weight is 492 g/mol. The van der Waals surface area contributed by atoms with E-state index in [1.54, 1.807) is 6.33 Å². The van der Waals surface area contributed by atoms with Gasteiger partial charge in [-0.05, 0) is 49.2 Å². The van der Waals surface area contributed by atoms with E-state index < -0.39 is 0 Å². The van der Waals surface area contributed by atoms with E-state index in [2.05, 4.69) is 30.9 Å². The Morgan fingerprint density at radius 2 is 2.00 bits per heavy atom. The molecular weight excluding hydrogens is 474 g/mol. The van der Waals surface area contributed by atoms with Gasteiger partial charge in [-0.15, -0.1) is 0 Å². The highest BCUT2D eigenvalue weighted by atomic mass is 79.9. The standard InChI is InChI=1S/C23H18BrN5O3/c24-14-2-4-18-15(10-14)19-20(32-18)22(30)28-21(27-19)12-5-7-29(8-6-12)23(31)13-1-3-16-17(9-13)26-11-25-16/h1-4,9-12H,5-8H2,(H,25,26)(H,27,28,30). The van der Waals surface area contributed by atoms with Gasteiger partial charge in [0.05, 0.1) is 17.4 Å². The van der Waals surface area contributed by atoms with Crippen molar-refractivity contribution in [3.05, 3.63) is 68.9 Å². The molecule has 5 aromatic rings. The summed E-state index contributed by atoms with van der Waals surface area (Å²) >= 11 is 3.47. The van der Waals surface area contributed by atoms with E-state index in [-0.39, 0.29) is 23.0 Å². The molecule has 1 fully saturated rings. The third-order valence-electron chi connectivity index (χ3n) is 6.14. The summed E-state index contributed by atoms with van der Waals surface area (Å²) in [6.45, 7) is 1.20. The summed E-state index contributed by atoms with van der Waals surface area (Å²) in [7, 11) is 0. The van der Waals surface area contributed by atoms with Crippen LogP contribution < -0.4 is 5.56 Å². The van der Waals surface area contributed by atoms with E-state index in [0.29, 0.717) is 35.6 Å². The number of halogens is 1. The molecule has 0 aliphatic carbocycles. The number of H-pyrrole nitrogens is 2. The first-order valence-electron chi connectivity index (χ1n) is 10.4. The Kier molecular flexibility index (Phi) is 4.39. The molecule has 3 aromatic heterocycles. The Balaban J connectivity index is 1.25. The smallest absolute Gasteiger partial charge is 0.294 e. The van der Waals surface area contributed by atoms with E-state index in [4.69, 9.17) is 9.40 Å². The minimum atomic E-state index is -0.275. The lowest BCUT2D eigenvalue weighted by atomic mass is 9.95. The first kappa shape index (κ1) is 19.2. The van der Waals surface area contributed by atoms with E-state index in [1.165, 1.54) is 0 Å². The summed E-state index contributed by atoms with van der Waals surface area (Å²) in [5.74, 6) is 0.716. The number of rotatable bonds is 2. The van der Waals surface area contributed by atoms with Crippen molar-refractivity contribution >= 4 is 54.9 Å². The van der Waals surface area contributed by atoms with Gasteiger partial charge in [-0.2, -0.15) is 0 Å². The number of nitrogens with zero attached hydrogens (tertiary/aromatic N) is 3. The monoisotopic (exact) mass is 491 g/mol. The van der Waals surface area contributed by atoms with Gasteiger partial charge in [0.2, 0.25) is 5.58 Å². The minimum absolute atomic E-state index is 0.00377. The van der Waals surface area contributed by atoms with Gasteiger partial charge in [0, 0.05) is 34.4 Å². The summed E-state index contributed by atoms with van der Waals surface area (Å²) in [6, 6.07) is 11.1. The number of imidazole rings is 1. The SMILES string of the molecule is O=C(c1ccc2[nH]cnc2c1)N1CCC(c2nc3c(oc4ccc(Br)cc43)c(=O)[nH]2)CC1. The highest BCUT2D eigenvalue weighted by molar-refractivity contribution is 9.10. The number of piperidine rings is 1. The number of hydrogen-bond acceptors (Lipinski definition) is 5. The van der Waals surface area contributed by atoms with Crippen LogP contribution in [0.4, 0.5) is 0 Å². The number of likely N-dealkylation sites (tertiary alicyclic amines) is 1. The molecule has 4 heterocycles. The van der Waals surface area contributed by atoms with Crippen molar-refractivity contribution in [2.75, 3.05) is 13.1 Å². The van der Waals surface area contributed by atoms with Crippen LogP contribution >= 0.6 is 15.9 Å². The quantitative estimate of drug-likeness (QED) is 0.382. The van der Waals surface area contributed by atoms with Crippen LogP contribution in [0.2, 0.25) is 0 Å². The molecule has 1 saturated heterocycles. The number of amides is 1. The van der Waals surface area contributed by atoms with E-state index in [0.717, 1.165) is 33.7 Å². The predicted octanol–water partition coefficient (Wildman–Crippen LogP) is 4.33. The van der Waals surface area contributed by atoms with Crippen LogP contribution in [0.25, 0.3) is 33.1 Å². The second kappa shape index (κ2) is 7.30. The normalized spacial score (nSPS) is 15.2. The van der Waals surface area contributed by atoms with Crippen LogP contribution in [0.1, 0.15) is 34.9 Å². The summed E-state index contributed by atoms with van der Waals surface area (Å²) in [6.07, 6.45) is 3.07. The molecular formula is C23H18BrN5O3. The van der Waals surface area contributed by atoms with Gasteiger partial charge in [0.15, 0.2) is 0 Å². The Labute approximate surface area is 189 Å². The second-order valence-corrected chi connectivity index (χ2v) is 8.99. The number of fused-ring (bicyclic) bond motifs is 4. The van der Waals surface area contributed by atoms with E-state index in [1.807, 2.05) is 41.3 Å². The lowest BCUT2D eigenvalue weighted by molar-refractivity contribution is 0.0711. The van der Waals surface area contributed by atoms with Gasteiger partial charge in [0.1, 0.15) is 16.9 Å². The molecule has 0 bridgehead atoms. The van der Waals surface area contributed by atoms with Gasteiger partial charge in [-0.25, -0.2) is 9.97 Å². The van der Waals surface area contributed by atoms with Crippen molar-refractivity contribution in [3.8, 4) is 0 Å². The van der Waals surface area contributed by atoms with E-state index >= 15 is 0 Å². The van der Waals surface area contributed by atoms with Gasteiger partial charge in [-0.3, -0.25) is 9.59 Å². The molecule has 0 radical (unpaired) electrons. The average Bonchev–Trinajstić information content (AvgIpc) is 3.43. The summed E-state index contributed by atoms with van der Waals surface area (Å²) in [4.78, 5) is 42.4. The number of hydrogen-bond donors (Lipinski definition) is 2. The minimum Gasteiger partial charge on any atom is -0.449 e. The molecule has 0 saturated carbocycles. The highest BCUT2D eigenvalue weighted by Gasteiger charge is 2.27. The number of aromatic amines is 2. The van der Waals surface area contributed by atoms with E-state index in [9.17, 15) is 9.59 Å². The number of nitrogens with one attached hydrogen (secondary N) is 2. The lowest BCUT2D eigenvalue weighted by Crippen LogP contribution is -2.38. The second-order valence-electron chi connectivity index (χ2n) is 8.07. The Morgan fingerprint density at radius 1 is 1.16 bits per heavy atom. The van der Waals surface area contributed by atoms with Gasteiger partial charge >= 0.3 is 0 Å². The Hall–Kier alpha value is -3.46. The first-order valence-corrected chi connectivity index (χ1v) is 11.2.